The zero-order valence-corrected chi connectivity index (χ0v) is 25.0. The minimum Gasteiger partial charge on any atom is -0.394 e. The van der Waals surface area contributed by atoms with Crippen LogP contribution in [0.25, 0.3) is 0 Å². The van der Waals surface area contributed by atoms with Gasteiger partial charge in [-0.2, -0.15) is 0 Å². The standard InChI is InChI=1S/C33H58O4/c1-20(27(36)28(37)23(35)19-34)21-11-16-30(4)22(21)12-17-32(6)25(30)9-10-26-31(5)15-8-14-29(2,3)24(31)13-18-33(26,32)7/h20-28,34-37H,8-19H2,1-7H3/t20-,21-,22+,23-,24+,25-,26-,27+,28-,30+,31+,32-,33-/m1/s1. The van der Waals surface area contributed by atoms with E-state index >= 15 is 0 Å². The molecule has 4 N–H and O–H groups in total. The van der Waals surface area contributed by atoms with Crippen LogP contribution < -0.4 is 0 Å². The van der Waals surface area contributed by atoms with Gasteiger partial charge in [0, 0.05) is 0 Å². The van der Waals surface area contributed by atoms with Gasteiger partial charge in [0.25, 0.3) is 0 Å². The third kappa shape index (κ3) is 3.81. The molecule has 0 amide bonds. The second kappa shape index (κ2) is 9.18. The molecule has 4 nitrogen and oxygen atoms in total. The van der Waals surface area contributed by atoms with E-state index in [1.54, 1.807) is 0 Å². The highest BCUT2D eigenvalue weighted by atomic mass is 16.4. The fourth-order valence-electron chi connectivity index (χ4n) is 12.9. The van der Waals surface area contributed by atoms with E-state index in [0.717, 1.165) is 24.2 Å². The summed E-state index contributed by atoms with van der Waals surface area (Å²) in [5.74, 6) is 3.25. The molecule has 5 aliphatic rings. The smallest absolute Gasteiger partial charge is 0.108 e. The van der Waals surface area contributed by atoms with Gasteiger partial charge in [0.05, 0.1) is 12.7 Å². The minimum absolute atomic E-state index is 0.0851. The fourth-order valence-corrected chi connectivity index (χ4v) is 12.9. The molecule has 5 rings (SSSR count). The molecule has 5 fully saturated rings. The molecule has 0 unspecified atom stereocenters. The maximum atomic E-state index is 11.0. The second-order valence-electron chi connectivity index (χ2n) is 16.4. The van der Waals surface area contributed by atoms with Crippen LogP contribution >= 0.6 is 0 Å². The molecule has 4 heteroatoms. The van der Waals surface area contributed by atoms with E-state index in [1.165, 1.54) is 64.2 Å². The molecule has 5 saturated carbocycles. The van der Waals surface area contributed by atoms with Crippen molar-refractivity contribution in [1.29, 1.82) is 0 Å². The summed E-state index contributed by atoms with van der Waals surface area (Å²) in [6, 6.07) is 0. The average molecular weight is 519 g/mol. The largest absolute Gasteiger partial charge is 0.394 e. The molecule has 5 aliphatic carbocycles. The van der Waals surface area contributed by atoms with Gasteiger partial charge in [-0.3, -0.25) is 0 Å². The third-order valence-electron chi connectivity index (χ3n) is 14.9. The lowest BCUT2D eigenvalue weighted by Gasteiger charge is -2.73. The molecule has 0 aliphatic heterocycles. The summed E-state index contributed by atoms with van der Waals surface area (Å²) >= 11 is 0. The summed E-state index contributed by atoms with van der Waals surface area (Å²) in [6.45, 7) is 17.3. The van der Waals surface area contributed by atoms with Crippen molar-refractivity contribution >= 4 is 0 Å². The lowest BCUT2D eigenvalue weighted by atomic mass is 9.32. The molecule has 37 heavy (non-hydrogen) atoms. The molecular formula is C33H58O4. The van der Waals surface area contributed by atoms with Crippen molar-refractivity contribution in [2.24, 2.45) is 62.6 Å². The van der Waals surface area contributed by atoms with Crippen molar-refractivity contribution in [2.75, 3.05) is 6.61 Å². The van der Waals surface area contributed by atoms with Crippen molar-refractivity contribution in [3.63, 3.8) is 0 Å². The molecule has 214 valence electrons. The maximum absolute atomic E-state index is 11.0. The third-order valence-corrected chi connectivity index (χ3v) is 14.9. The number of aliphatic hydroxyl groups is 4. The van der Waals surface area contributed by atoms with Crippen molar-refractivity contribution in [3.05, 3.63) is 0 Å². The molecule has 0 heterocycles. The topological polar surface area (TPSA) is 80.9 Å². The van der Waals surface area contributed by atoms with Gasteiger partial charge in [-0.1, -0.05) is 54.9 Å². The summed E-state index contributed by atoms with van der Waals surface area (Å²) < 4.78 is 0. The quantitative estimate of drug-likeness (QED) is 0.350. The number of rotatable bonds is 5. The Hall–Kier alpha value is -0.160. The Bertz CT molecular complexity index is 857. The van der Waals surface area contributed by atoms with Crippen LogP contribution in [0.15, 0.2) is 0 Å². The maximum Gasteiger partial charge on any atom is 0.108 e. The molecule has 13 atom stereocenters. The molecule has 0 aromatic rings. The van der Waals surface area contributed by atoms with E-state index in [9.17, 15) is 20.4 Å². The molecule has 0 aromatic carbocycles. The zero-order chi connectivity index (χ0) is 27.2. The Morgan fingerprint density at radius 1 is 0.649 bits per heavy atom. The van der Waals surface area contributed by atoms with Gasteiger partial charge in [-0.05, 0) is 127 Å². The Kier molecular flexibility index (Phi) is 7.04. The first kappa shape index (κ1) is 28.4. The van der Waals surface area contributed by atoms with Crippen molar-refractivity contribution in [1.82, 2.24) is 0 Å². The van der Waals surface area contributed by atoms with Crippen LogP contribution in [0.4, 0.5) is 0 Å². The van der Waals surface area contributed by atoms with Gasteiger partial charge in [0.2, 0.25) is 0 Å². The Labute approximate surface area is 227 Å². The molecule has 0 saturated heterocycles. The summed E-state index contributed by atoms with van der Waals surface area (Å²) in [5.41, 5.74) is 1.98. The summed E-state index contributed by atoms with van der Waals surface area (Å²) in [6.07, 6.45) is 11.0. The number of hydrogen-bond acceptors (Lipinski definition) is 4. The Balaban J connectivity index is 1.41. The van der Waals surface area contributed by atoms with Crippen LogP contribution in [-0.4, -0.2) is 45.3 Å². The molecule has 0 aromatic heterocycles. The van der Waals surface area contributed by atoms with Crippen molar-refractivity contribution in [3.8, 4) is 0 Å². The highest BCUT2D eigenvalue weighted by Crippen LogP contribution is 2.78. The summed E-state index contributed by atoms with van der Waals surface area (Å²) in [4.78, 5) is 0. The highest BCUT2D eigenvalue weighted by molar-refractivity contribution is 5.19. The Morgan fingerprint density at radius 2 is 1.24 bits per heavy atom. The van der Waals surface area contributed by atoms with E-state index in [4.69, 9.17) is 0 Å². The van der Waals surface area contributed by atoms with Crippen molar-refractivity contribution in [2.45, 2.75) is 137 Å². The average Bonchev–Trinajstić information content (AvgIpc) is 3.19. The van der Waals surface area contributed by atoms with Gasteiger partial charge in [-0.25, -0.2) is 0 Å². The zero-order valence-electron chi connectivity index (χ0n) is 25.0. The van der Waals surface area contributed by atoms with E-state index < -0.39 is 24.9 Å². The van der Waals surface area contributed by atoms with E-state index in [1.807, 2.05) is 0 Å². The summed E-state index contributed by atoms with van der Waals surface area (Å²) in [7, 11) is 0. The highest BCUT2D eigenvalue weighted by Gasteiger charge is 2.70. The van der Waals surface area contributed by atoms with E-state index in [2.05, 4.69) is 48.5 Å². The first-order chi connectivity index (χ1) is 17.2. The lowest BCUT2D eigenvalue weighted by Crippen LogP contribution is -2.65. The second-order valence-corrected chi connectivity index (χ2v) is 16.4. The fraction of sp³-hybridized carbons (Fsp3) is 1.00. The Morgan fingerprint density at radius 3 is 1.86 bits per heavy atom. The van der Waals surface area contributed by atoms with Crippen LogP contribution in [0.2, 0.25) is 0 Å². The molecular weight excluding hydrogens is 460 g/mol. The molecule has 0 spiro atoms. The minimum atomic E-state index is -1.29. The molecule has 0 radical (unpaired) electrons. The van der Waals surface area contributed by atoms with E-state index in [-0.39, 0.29) is 11.3 Å². The van der Waals surface area contributed by atoms with Crippen molar-refractivity contribution < 1.29 is 20.4 Å². The van der Waals surface area contributed by atoms with Gasteiger partial charge in [0.15, 0.2) is 0 Å². The van der Waals surface area contributed by atoms with Gasteiger partial charge >= 0.3 is 0 Å². The van der Waals surface area contributed by atoms with Crippen LogP contribution in [0.1, 0.15) is 119 Å². The number of fused-ring (bicyclic) bond motifs is 7. The number of hydrogen-bond donors (Lipinski definition) is 4. The van der Waals surface area contributed by atoms with E-state index in [0.29, 0.717) is 33.5 Å². The van der Waals surface area contributed by atoms with Crippen LogP contribution in [-0.2, 0) is 0 Å². The van der Waals surface area contributed by atoms with Crippen LogP contribution in [0.5, 0.6) is 0 Å². The van der Waals surface area contributed by atoms with Gasteiger partial charge in [0.1, 0.15) is 12.2 Å². The predicted molar refractivity (Wildman–Crippen MR) is 149 cm³/mol. The van der Waals surface area contributed by atoms with Crippen LogP contribution in [0, 0.1) is 62.6 Å². The van der Waals surface area contributed by atoms with Gasteiger partial charge < -0.3 is 20.4 Å². The predicted octanol–water partition coefficient (Wildman–Crippen LogP) is 6.19. The number of aliphatic hydroxyl groups excluding tert-OH is 4. The first-order valence-corrected chi connectivity index (χ1v) is 15.8. The SMILES string of the molecule is C[C@@H]([C@H](O)[C@H](O)[C@H](O)CO)[C@H]1CC[C@]2(C)[C@H]3CC[C@@H]4[C@@]5(C)CCCC(C)(C)[C@@H]5CC[C@@]4(C)[C@]3(C)CC[C@@H]12. The van der Waals surface area contributed by atoms with Crippen LogP contribution in [0.3, 0.4) is 0 Å². The van der Waals surface area contributed by atoms with Gasteiger partial charge in [-0.15, -0.1) is 0 Å². The molecule has 0 bridgehead atoms. The monoisotopic (exact) mass is 518 g/mol. The normalized spacial score (nSPS) is 52.1. The first-order valence-electron chi connectivity index (χ1n) is 15.8. The summed E-state index contributed by atoms with van der Waals surface area (Å²) in [5, 5.41) is 40.7. The lowest BCUT2D eigenvalue weighted by molar-refractivity contribution is -0.242.